The van der Waals surface area contributed by atoms with Gasteiger partial charge in [0.1, 0.15) is 0 Å². The van der Waals surface area contributed by atoms with Crippen LogP contribution in [0.5, 0.6) is 0 Å². The second kappa shape index (κ2) is 8.59. The van der Waals surface area contributed by atoms with E-state index in [9.17, 15) is 9.59 Å². The van der Waals surface area contributed by atoms with Crippen LogP contribution in [0.4, 0.5) is 4.79 Å². The number of ether oxygens (including phenoxy) is 1. The van der Waals surface area contributed by atoms with Crippen molar-refractivity contribution < 1.29 is 14.3 Å². The Balaban J connectivity index is 1.43. The highest BCUT2D eigenvalue weighted by Gasteiger charge is 2.36. The number of hydrogen-bond donors (Lipinski definition) is 1. The lowest BCUT2D eigenvalue weighted by Crippen LogP contribution is -2.54. The number of rotatable bonds is 4. The zero-order valence-corrected chi connectivity index (χ0v) is 16.5. The number of piperidine rings is 1. The SMILES string of the molecule is CCOC(=O)N1CCC[C@H](N2CCC(C(=O)NC3(C)CCC3)CC2)CC1. The maximum absolute atomic E-state index is 12.5. The second-order valence-corrected chi connectivity index (χ2v) is 8.48. The average molecular weight is 366 g/mol. The van der Waals surface area contributed by atoms with Crippen LogP contribution >= 0.6 is 0 Å². The second-order valence-electron chi connectivity index (χ2n) is 8.48. The molecule has 6 heteroatoms. The average Bonchev–Trinajstić information content (AvgIpc) is 2.87. The van der Waals surface area contributed by atoms with E-state index >= 15 is 0 Å². The van der Waals surface area contributed by atoms with Gasteiger partial charge >= 0.3 is 6.09 Å². The predicted molar refractivity (Wildman–Crippen MR) is 101 cm³/mol. The van der Waals surface area contributed by atoms with E-state index in [-0.39, 0.29) is 23.5 Å². The Morgan fingerprint density at radius 2 is 1.77 bits per heavy atom. The standard InChI is InChI=1S/C20H35N3O3/c1-3-26-19(25)23-12-4-6-17(9-15-23)22-13-7-16(8-14-22)18(24)21-20(2)10-5-11-20/h16-17H,3-15H2,1-2H3,(H,21,24)/t17-/m0/s1. The van der Waals surface area contributed by atoms with Crippen LogP contribution in [0.15, 0.2) is 0 Å². The van der Waals surface area contributed by atoms with Crippen LogP contribution in [0.25, 0.3) is 0 Å². The lowest BCUT2D eigenvalue weighted by atomic mass is 9.78. The summed E-state index contributed by atoms with van der Waals surface area (Å²) in [5.41, 5.74) is 0.0616. The number of hydrogen-bond acceptors (Lipinski definition) is 4. The van der Waals surface area contributed by atoms with E-state index in [0.717, 1.165) is 71.1 Å². The van der Waals surface area contributed by atoms with Gasteiger partial charge in [-0.3, -0.25) is 4.79 Å². The molecule has 2 saturated heterocycles. The zero-order valence-electron chi connectivity index (χ0n) is 16.5. The minimum atomic E-state index is -0.173. The first-order valence-corrected chi connectivity index (χ1v) is 10.5. The Hall–Kier alpha value is -1.30. The minimum absolute atomic E-state index is 0.0616. The summed E-state index contributed by atoms with van der Waals surface area (Å²) in [5, 5.41) is 3.28. The van der Waals surface area contributed by atoms with Gasteiger partial charge in [0.25, 0.3) is 0 Å². The van der Waals surface area contributed by atoms with Crippen LogP contribution in [0, 0.1) is 5.92 Å². The van der Waals surface area contributed by atoms with Crippen molar-refractivity contribution in [1.82, 2.24) is 15.1 Å². The molecule has 0 bridgehead atoms. The van der Waals surface area contributed by atoms with Crippen molar-refractivity contribution in [3.8, 4) is 0 Å². The molecule has 2 heterocycles. The molecule has 6 nitrogen and oxygen atoms in total. The van der Waals surface area contributed by atoms with E-state index < -0.39 is 0 Å². The van der Waals surface area contributed by atoms with E-state index in [0.29, 0.717) is 12.6 Å². The molecule has 26 heavy (non-hydrogen) atoms. The monoisotopic (exact) mass is 365 g/mol. The lowest BCUT2D eigenvalue weighted by Gasteiger charge is -2.42. The molecule has 0 unspecified atom stereocenters. The fraction of sp³-hybridized carbons (Fsp3) is 0.900. The summed E-state index contributed by atoms with van der Waals surface area (Å²) in [4.78, 5) is 28.9. The van der Waals surface area contributed by atoms with E-state index in [1.807, 2.05) is 11.8 Å². The third kappa shape index (κ3) is 4.70. The molecule has 0 aromatic rings. The molecule has 1 aliphatic carbocycles. The Labute approximate surface area is 157 Å². The molecule has 1 N–H and O–H groups in total. The molecule has 0 spiro atoms. The van der Waals surface area contributed by atoms with Gasteiger partial charge in [0.2, 0.25) is 5.91 Å². The van der Waals surface area contributed by atoms with Gasteiger partial charge in [-0.05, 0) is 78.3 Å². The summed E-state index contributed by atoms with van der Waals surface area (Å²) in [5.74, 6) is 0.437. The fourth-order valence-electron chi connectivity index (χ4n) is 4.60. The normalized spacial score (nSPS) is 27.3. The molecule has 0 aromatic carbocycles. The maximum atomic E-state index is 12.5. The molecule has 1 saturated carbocycles. The highest BCUT2D eigenvalue weighted by molar-refractivity contribution is 5.79. The molecular weight excluding hydrogens is 330 g/mol. The van der Waals surface area contributed by atoms with Crippen molar-refractivity contribution in [3.63, 3.8) is 0 Å². The van der Waals surface area contributed by atoms with Gasteiger partial charge < -0.3 is 19.9 Å². The Morgan fingerprint density at radius 1 is 1.04 bits per heavy atom. The van der Waals surface area contributed by atoms with Crippen molar-refractivity contribution >= 4 is 12.0 Å². The van der Waals surface area contributed by atoms with Gasteiger partial charge in [-0.15, -0.1) is 0 Å². The molecule has 2 amide bonds. The summed E-state index contributed by atoms with van der Waals surface area (Å²) in [6.07, 6.45) is 8.39. The van der Waals surface area contributed by atoms with Gasteiger partial charge in [0.05, 0.1) is 6.61 Å². The molecule has 3 aliphatic rings. The van der Waals surface area contributed by atoms with Gasteiger partial charge in [0, 0.05) is 30.6 Å². The number of amides is 2. The van der Waals surface area contributed by atoms with E-state index in [4.69, 9.17) is 4.74 Å². The Bertz CT molecular complexity index is 499. The first-order chi connectivity index (χ1) is 12.5. The van der Waals surface area contributed by atoms with Crippen molar-refractivity contribution in [3.05, 3.63) is 0 Å². The summed E-state index contributed by atoms with van der Waals surface area (Å²) in [7, 11) is 0. The molecule has 0 aromatic heterocycles. The fourth-order valence-corrected chi connectivity index (χ4v) is 4.60. The van der Waals surface area contributed by atoms with Crippen molar-refractivity contribution in [2.24, 2.45) is 5.92 Å². The molecule has 148 valence electrons. The lowest BCUT2D eigenvalue weighted by molar-refractivity contribution is -0.129. The highest BCUT2D eigenvalue weighted by Crippen LogP contribution is 2.32. The number of carbonyl (C=O) groups excluding carboxylic acids is 2. The molecule has 2 aliphatic heterocycles. The molecule has 3 fully saturated rings. The maximum Gasteiger partial charge on any atom is 0.409 e. The van der Waals surface area contributed by atoms with Crippen LogP contribution in [0.3, 0.4) is 0 Å². The van der Waals surface area contributed by atoms with Crippen LogP contribution in [0.1, 0.15) is 65.2 Å². The minimum Gasteiger partial charge on any atom is -0.450 e. The Morgan fingerprint density at radius 3 is 2.38 bits per heavy atom. The van der Waals surface area contributed by atoms with Crippen molar-refractivity contribution in [2.75, 3.05) is 32.8 Å². The third-order valence-electron chi connectivity index (χ3n) is 6.52. The number of likely N-dealkylation sites (tertiary alicyclic amines) is 2. The largest absolute Gasteiger partial charge is 0.450 e. The summed E-state index contributed by atoms with van der Waals surface area (Å²) in [6.45, 7) is 8.04. The van der Waals surface area contributed by atoms with Crippen molar-refractivity contribution in [1.29, 1.82) is 0 Å². The van der Waals surface area contributed by atoms with Crippen LogP contribution in [-0.4, -0.2) is 66.2 Å². The molecule has 0 radical (unpaired) electrons. The summed E-state index contributed by atoms with van der Waals surface area (Å²) >= 11 is 0. The number of nitrogens with one attached hydrogen (secondary N) is 1. The van der Waals surface area contributed by atoms with E-state index in [1.54, 1.807) is 0 Å². The van der Waals surface area contributed by atoms with Crippen molar-refractivity contribution in [2.45, 2.75) is 76.8 Å². The number of carbonyl (C=O) groups is 2. The quantitative estimate of drug-likeness (QED) is 0.832. The summed E-state index contributed by atoms with van der Waals surface area (Å²) < 4.78 is 5.14. The first-order valence-electron chi connectivity index (χ1n) is 10.5. The van der Waals surface area contributed by atoms with E-state index in [1.165, 1.54) is 6.42 Å². The smallest absolute Gasteiger partial charge is 0.409 e. The molecule has 1 atom stereocenters. The van der Waals surface area contributed by atoms with E-state index in [2.05, 4.69) is 17.1 Å². The zero-order chi connectivity index (χ0) is 18.6. The van der Waals surface area contributed by atoms with Gasteiger partial charge in [-0.2, -0.15) is 0 Å². The molecule has 3 rings (SSSR count). The Kier molecular flexibility index (Phi) is 6.43. The van der Waals surface area contributed by atoms with Gasteiger partial charge in [-0.1, -0.05) is 0 Å². The van der Waals surface area contributed by atoms with Crippen LogP contribution < -0.4 is 5.32 Å². The summed E-state index contributed by atoms with van der Waals surface area (Å²) in [6, 6.07) is 0.530. The third-order valence-corrected chi connectivity index (χ3v) is 6.52. The van der Waals surface area contributed by atoms with Crippen LogP contribution in [-0.2, 0) is 9.53 Å². The van der Waals surface area contributed by atoms with Gasteiger partial charge in [0.15, 0.2) is 0 Å². The predicted octanol–water partition coefficient (Wildman–Crippen LogP) is 2.77. The molecular formula is C20H35N3O3. The van der Waals surface area contributed by atoms with Gasteiger partial charge in [-0.25, -0.2) is 4.79 Å². The first kappa shape index (κ1) is 19.5. The topological polar surface area (TPSA) is 61.9 Å². The number of nitrogens with zero attached hydrogens (tertiary/aromatic N) is 2. The highest BCUT2D eigenvalue weighted by atomic mass is 16.6. The van der Waals surface area contributed by atoms with Crippen LogP contribution in [0.2, 0.25) is 0 Å².